The van der Waals surface area contributed by atoms with E-state index in [1.165, 1.54) is 0 Å². The van der Waals surface area contributed by atoms with E-state index < -0.39 is 0 Å². The molecule has 2 atom stereocenters. The van der Waals surface area contributed by atoms with E-state index in [-0.39, 0.29) is 11.8 Å². The molecule has 0 saturated carbocycles. The second-order valence-electron chi connectivity index (χ2n) is 6.62. The number of nitrogens with one attached hydrogen (secondary N) is 1. The number of likely N-dealkylation sites (N-methyl/N-ethyl adjacent to an activating group) is 1. The van der Waals surface area contributed by atoms with Crippen LogP contribution >= 0.6 is 0 Å². The van der Waals surface area contributed by atoms with Crippen LogP contribution < -0.4 is 11.1 Å². The number of hydrogen-bond acceptors (Lipinski definition) is 4. The molecule has 21 heavy (non-hydrogen) atoms. The topological polar surface area (TPSA) is 61.6 Å². The molecule has 1 aliphatic heterocycles. The molecule has 5 nitrogen and oxygen atoms in total. The molecule has 1 fully saturated rings. The summed E-state index contributed by atoms with van der Waals surface area (Å²) in [4.78, 5) is 17.1. The van der Waals surface area contributed by atoms with Gasteiger partial charge in [-0.2, -0.15) is 0 Å². The maximum atomic E-state index is 12.2. The monoisotopic (exact) mass is 298 g/mol. The van der Waals surface area contributed by atoms with Crippen molar-refractivity contribution in [2.75, 3.05) is 46.3 Å². The van der Waals surface area contributed by atoms with Crippen LogP contribution in [-0.4, -0.2) is 68.1 Å². The van der Waals surface area contributed by atoms with Gasteiger partial charge in [0.1, 0.15) is 0 Å². The minimum Gasteiger partial charge on any atom is -0.354 e. The number of rotatable bonds is 8. The number of amides is 1. The normalized spacial score (nSPS) is 20.5. The van der Waals surface area contributed by atoms with Gasteiger partial charge in [-0.1, -0.05) is 27.2 Å². The molecule has 1 amide bonds. The zero-order valence-electron chi connectivity index (χ0n) is 14.3. The largest absolute Gasteiger partial charge is 0.354 e. The van der Waals surface area contributed by atoms with Gasteiger partial charge >= 0.3 is 0 Å². The maximum Gasteiger partial charge on any atom is 0.224 e. The van der Waals surface area contributed by atoms with Crippen LogP contribution in [0.5, 0.6) is 0 Å². The molecule has 1 heterocycles. The summed E-state index contributed by atoms with van der Waals surface area (Å²) < 4.78 is 0. The number of carbonyl (C=O) groups excluding carboxylic acids is 1. The highest BCUT2D eigenvalue weighted by Gasteiger charge is 2.26. The van der Waals surface area contributed by atoms with Crippen molar-refractivity contribution < 1.29 is 4.79 Å². The van der Waals surface area contributed by atoms with E-state index in [1.807, 2.05) is 0 Å². The van der Waals surface area contributed by atoms with E-state index in [1.54, 1.807) is 0 Å². The van der Waals surface area contributed by atoms with Crippen LogP contribution in [0, 0.1) is 11.8 Å². The Bertz CT molecular complexity index is 301. The van der Waals surface area contributed by atoms with Crippen molar-refractivity contribution in [2.45, 2.75) is 39.7 Å². The fourth-order valence-corrected chi connectivity index (χ4v) is 2.99. The van der Waals surface area contributed by atoms with Gasteiger partial charge in [0.2, 0.25) is 5.91 Å². The van der Waals surface area contributed by atoms with Gasteiger partial charge in [0.25, 0.3) is 0 Å². The lowest BCUT2D eigenvalue weighted by atomic mass is 9.99. The molecule has 5 heteroatoms. The molecular formula is C16H34N4O. The Morgan fingerprint density at radius 3 is 2.33 bits per heavy atom. The lowest BCUT2D eigenvalue weighted by Gasteiger charge is -2.40. The SMILES string of the molecule is CCCC(CN)C(=O)NCC(C(C)C)N1CCN(C)CC1. The van der Waals surface area contributed by atoms with E-state index in [9.17, 15) is 4.79 Å². The molecule has 3 N–H and O–H groups in total. The van der Waals surface area contributed by atoms with Crippen LogP contribution in [0.4, 0.5) is 0 Å². The van der Waals surface area contributed by atoms with E-state index in [0.29, 0.717) is 18.5 Å². The van der Waals surface area contributed by atoms with Crippen LogP contribution in [-0.2, 0) is 4.79 Å². The summed E-state index contributed by atoms with van der Waals surface area (Å²) in [6, 6.07) is 0.419. The fraction of sp³-hybridized carbons (Fsp3) is 0.938. The maximum absolute atomic E-state index is 12.2. The third kappa shape index (κ3) is 5.93. The van der Waals surface area contributed by atoms with Gasteiger partial charge in [-0.25, -0.2) is 0 Å². The first-order valence-corrected chi connectivity index (χ1v) is 8.39. The average Bonchev–Trinajstić information content (AvgIpc) is 2.46. The van der Waals surface area contributed by atoms with Crippen LogP contribution in [0.2, 0.25) is 0 Å². The Hall–Kier alpha value is -0.650. The van der Waals surface area contributed by atoms with Crippen molar-refractivity contribution in [3.05, 3.63) is 0 Å². The third-order valence-electron chi connectivity index (χ3n) is 4.55. The number of nitrogens with zero attached hydrogens (tertiary/aromatic N) is 2. The van der Waals surface area contributed by atoms with Crippen molar-refractivity contribution in [1.29, 1.82) is 0 Å². The standard InChI is InChI=1S/C16H34N4O/c1-5-6-14(11-17)16(21)18-12-15(13(2)3)20-9-7-19(4)8-10-20/h13-15H,5-12,17H2,1-4H3,(H,18,21). The molecule has 0 aromatic carbocycles. The molecule has 0 aromatic heterocycles. The van der Waals surface area contributed by atoms with Gasteiger partial charge in [0.05, 0.1) is 5.92 Å². The van der Waals surface area contributed by atoms with Crippen molar-refractivity contribution in [1.82, 2.24) is 15.1 Å². The van der Waals surface area contributed by atoms with Gasteiger partial charge in [0.15, 0.2) is 0 Å². The van der Waals surface area contributed by atoms with Crippen LogP contribution in [0.3, 0.4) is 0 Å². The summed E-state index contributed by atoms with van der Waals surface area (Å²) in [5, 5.41) is 3.13. The number of nitrogens with two attached hydrogens (primary N) is 1. The summed E-state index contributed by atoms with van der Waals surface area (Å²) in [6.07, 6.45) is 1.88. The Labute approximate surface area is 130 Å². The highest BCUT2D eigenvalue weighted by atomic mass is 16.1. The molecule has 0 bridgehead atoms. The Morgan fingerprint density at radius 2 is 1.86 bits per heavy atom. The molecule has 0 spiro atoms. The van der Waals surface area contributed by atoms with Gasteiger partial charge in [-0.15, -0.1) is 0 Å². The Morgan fingerprint density at radius 1 is 1.24 bits per heavy atom. The minimum atomic E-state index is -0.0321. The first kappa shape index (κ1) is 18.4. The molecule has 0 aliphatic carbocycles. The lowest BCUT2D eigenvalue weighted by molar-refractivity contribution is -0.125. The second-order valence-corrected chi connectivity index (χ2v) is 6.62. The highest BCUT2D eigenvalue weighted by Crippen LogP contribution is 2.13. The Balaban J connectivity index is 2.49. The van der Waals surface area contributed by atoms with Crippen LogP contribution in [0.1, 0.15) is 33.6 Å². The van der Waals surface area contributed by atoms with Crippen LogP contribution in [0.15, 0.2) is 0 Å². The smallest absolute Gasteiger partial charge is 0.224 e. The van der Waals surface area contributed by atoms with Crippen molar-refractivity contribution >= 4 is 5.91 Å². The Kier molecular flexibility index (Phi) is 8.22. The average molecular weight is 298 g/mol. The number of carbonyl (C=O) groups is 1. The summed E-state index contributed by atoms with van der Waals surface area (Å²) in [6.45, 7) is 12.1. The predicted octanol–water partition coefficient (Wildman–Crippen LogP) is 0.750. The van der Waals surface area contributed by atoms with Gasteiger partial charge in [-0.3, -0.25) is 9.69 Å². The quantitative estimate of drug-likeness (QED) is 0.694. The summed E-state index contributed by atoms with van der Waals surface area (Å²) in [5.41, 5.74) is 5.71. The number of hydrogen-bond donors (Lipinski definition) is 2. The fourth-order valence-electron chi connectivity index (χ4n) is 2.99. The molecule has 0 aromatic rings. The first-order chi connectivity index (χ1) is 9.99. The molecular weight excluding hydrogens is 264 g/mol. The molecule has 1 saturated heterocycles. The van der Waals surface area contributed by atoms with Crippen LogP contribution in [0.25, 0.3) is 0 Å². The van der Waals surface area contributed by atoms with E-state index in [0.717, 1.165) is 45.6 Å². The van der Waals surface area contributed by atoms with Gasteiger partial charge in [0, 0.05) is 45.3 Å². The molecule has 2 unspecified atom stereocenters. The van der Waals surface area contributed by atoms with E-state index in [2.05, 4.69) is 42.9 Å². The second kappa shape index (κ2) is 9.38. The van der Waals surface area contributed by atoms with Crippen molar-refractivity contribution in [3.63, 3.8) is 0 Å². The van der Waals surface area contributed by atoms with Crippen molar-refractivity contribution in [2.24, 2.45) is 17.6 Å². The molecule has 0 radical (unpaired) electrons. The van der Waals surface area contributed by atoms with Gasteiger partial charge in [-0.05, 0) is 19.4 Å². The lowest BCUT2D eigenvalue weighted by Crippen LogP contribution is -2.54. The zero-order valence-corrected chi connectivity index (χ0v) is 14.3. The zero-order chi connectivity index (χ0) is 15.8. The summed E-state index contributed by atoms with van der Waals surface area (Å²) in [5.74, 6) is 0.630. The highest BCUT2D eigenvalue weighted by molar-refractivity contribution is 5.78. The summed E-state index contributed by atoms with van der Waals surface area (Å²) >= 11 is 0. The minimum absolute atomic E-state index is 0.0321. The number of piperazine rings is 1. The first-order valence-electron chi connectivity index (χ1n) is 8.39. The third-order valence-corrected chi connectivity index (χ3v) is 4.55. The summed E-state index contributed by atoms with van der Waals surface area (Å²) in [7, 11) is 2.17. The van der Waals surface area contributed by atoms with Gasteiger partial charge < -0.3 is 16.0 Å². The van der Waals surface area contributed by atoms with Crippen molar-refractivity contribution in [3.8, 4) is 0 Å². The molecule has 1 rings (SSSR count). The van der Waals surface area contributed by atoms with E-state index in [4.69, 9.17) is 5.73 Å². The predicted molar refractivity (Wildman–Crippen MR) is 88.2 cm³/mol. The van der Waals surface area contributed by atoms with E-state index >= 15 is 0 Å². The molecule has 124 valence electrons. The molecule has 1 aliphatic rings.